The summed E-state index contributed by atoms with van der Waals surface area (Å²) in [4.78, 5) is 11.2. The Kier molecular flexibility index (Phi) is 6.14. The van der Waals surface area contributed by atoms with E-state index in [0.717, 1.165) is 0 Å². The summed E-state index contributed by atoms with van der Waals surface area (Å²) in [7, 11) is 1.46. The number of hydrogen-bond donors (Lipinski definition) is 1. The standard InChI is InChI=1S/C13H18FNO3/c1-3-11(8-15-13(16)9-17-2)18-12-6-4-5-10(14)7-12/h4-7,11H,3,8-9H2,1-2H3,(H,15,16)/t11-/m1/s1. The van der Waals surface area contributed by atoms with E-state index in [0.29, 0.717) is 18.7 Å². The SMILES string of the molecule is CC[C@H](CNC(=O)COC)Oc1cccc(F)c1. The fourth-order valence-corrected chi connectivity index (χ4v) is 1.41. The third kappa shape index (κ3) is 5.14. The van der Waals surface area contributed by atoms with Crippen molar-refractivity contribution in [3.8, 4) is 5.75 Å². The van der Waals surface area contributed by atoms with Crippen LogP contribution in [0.5, 0.6) is 5.75 Å². The van der Waals surface area contributed by atoms with Gasteiger partial charge in [0.05, 0.1) is 6.54 Å². The first kappa shape index (κ1) is 14.4. The molecule has 1 N–H and O–H groups in total. The van der Waals surface area contributed by atoms with Crippen molar-refractivity contribution in [2.45, 2.75) is 19.4 Å². The van der Waals surface area contributed by atoms with E-state index in [2.05, 4.69) is 5.32 Å². The highest BCUT2D eigenvalue weighted by molar-refractivity contribution is 5.77. The highest BCUT2D eigenvalue weighted by Gasteiger charge is 2.10. The lowest BCUT2D eigenvalue weighted by Crippen LogP contribution is -2.36. The summed E-state index contributed by atoms with van der Waals surface area (Å²) in [5.41, 5.74) is 0. The first-order valence-corrected chi connectivity index (χ1v) is 5.83. The van der Waals surface area contributed by atoms with E-state index in [1.54, 1.807) is 12.1 Å². The number of rotatable bonds is 7. The molecule has 0 spiro atoms. The van der Waals surface area contributed by atoms with Crippen molar-refractivity contribution < 1.29 is 18.7 Å². The van der Waals surface area contributed by atoms with Crippen LogP contribution in [0.15, 0.2) is 24.3 Å². The van der Waals surface area contributed by atoms with Crippen molar-refractivity contribution in [3.05, 3.63) is 30.1 Å². The molecule has 0 aliphatic rings. The predicted molar refractivity (Wildman–Crippen MR) is 66.0 cm³/mol. The third-order valence-electron chi connectivity index (χ3n) is 2.36. The Morgan fingerprint density at radius 1 is 1.50 bits per heavy atom. The van der Waals surface area contributed by atoms with Gasteiger partial charge in [-0.05, 0) is 18.6 Å². The van der Waals surface area contributed by atoms with Gasteiger partial charge in [0.15, 0.2) is 0 Å². The highest BCUT2D eigenvalue weighted by Crippen LogP contribution is 2.14. The summed E-state index contributed by atoms with van der Waals surface area (Å²) < 4.78 is 23.2. The molecular weight excluding hydrogens is 237 g/mol. The summed E-state index contributed by atoms with van der Waals surface area (Å²) in [6.45, 7) is 2.33. The minimum atomic E-state index is -0.342. The Balaban J connectivity index is 2.44. The molecule has 0 saturated carbocycles. The van der Waals surface area contributed by atoms with Gasteiger partial charge in [0.2, 0.25) is 5.91 Å². The molecule has 1 aromatic carbocycles. The molecule has 0 bridgehead atoms. The van der Waals surface area contributed by atoms with Crippen LogP contribution in [0.1, 0.15) is 13.3 Å². The lowest BCUT2D eigenvalue weighted by atomic mass is 10.2. The number of halogens is 1. The van der Waals surface area contributed by atoms with Crippen molar-refractivity contribution in [1.29, 1.82) is 0 Å². The van der Waals surface area contributed by atoms with Crippen LogP contribution >= 0.6 is 0 Å². The zero-order valence-electron chi connectivity index (χ0n) is 10.6. The van der Waals surface area contributed by atoms with Gasteiger partial charge in [-0.25, -0.2) is 4.39 Å². The second kappa shape index (κ2) is 7.66. The molecule has 0 aliphatic heterocycles. The van der Waals surface area contributed by atoms with Crippen molar-refractivity contribution in [3.63, 3.8) is 0 Å². The molecule has 4 nitrogen and oxygen atoms in total. The lowest BCUT2D eigenvalue weighted by Gasteiger charge is -2.18. The second-order valence-electron chi connectivity index (χ2n) is 3.84. The molecule has 0 fully saturated rings. The fourth-order valence-electron chi connectivity index (χ4n) is 1.41. The van der Waals surface area contributed by atoms with E-state index in [9.17, 15) is 9.18 Å². The number of methoxy groups -OCH3 is 1. The molecule has 1 rings (SSSR count). The second-order valence-corrected chi connectivity index (χ2v) is 3.84. The summed E-state index contributed by atoms with van der Waals surface area (Å²) in [6, 6.07) is 5.94. The van der Waals surface area contributed by atoms with Crippen LogP contribution in [0.3, 0.4) is 0 Å². The number of carbonyl (C=O) groups excluding carboxylic acids is 1. The topological polar surface area (TPSA) is 47.6 Å². The predicted octanol–water partition coefficient (Wildman–Crippen LogP) is 1.75. The zero-order valence-corrected chi connectivity index (χ0v) is 10.6. The van der Waals surface area contributed by atoms with Crippen molar-refractivity contribution in [2.75, 3.05) is 20.3 Å². The minimum absolute atomic E-state index is 0.0242. The number of benzene rings is 1. The van der Waals surface area contributed by atoms with Crippen LogP contribution in [0.2, 0.25) is 0 Å². The molecule has 0 unspecified atom stereocenters. The van der Waals surface area contributed by atoms with Gasteiger partial charge in [0, 0.05) is 13.2 Å². The molecule has 5 heteroatoms. The summed E-state index contributed by atoms with van der Waals surface area (Å²) in [5.74, 6) is -0.0765. The minimum Gasteiger partial charge on any atom is -0.489 e. The van der Waals surface area contributed by atoms with Crippen molar-refractivity contribution in [2.24, 2.45) is 0 Å². The Morgan fingerprint density at radius 3 is 2.89 bits per heavy atom. The van der Waals surface area contributed by atoms with Crippen LogP contribution in [0.25, 0.3) is 0 Å². The molecular formula is C13H18FNO3. The van der Waals surface area contributed by atoms with Gasteiger partial charge in [0.1, 0.15) is 24.3 Å². The Morgan fingerprint density at radius 2 is 2.28 bits per heavy atom. The summed E-state index contributed by atoms with van der Waals surface area (Å²) >= 11 is 0. The monoisotopic (exact) mass is 255 g/mol. The number of nitrogens with one attached hydrogen (secondary N) is 1. The van der Waals surface area contributed by atoms with E-state index < -0.39 is 0 Å². The quantitative estimate of drug-likeness (QED) is 0.807. The Hall–Kier alpha value is -1.62. The molecule has 1 atom stereocenters. The van der Waals surface area contributed by atoms with E-state index in [4.69, 9.17) is 9.47 Å². The Labute approximate surface area is 106 Å². The van der Waals surface area contributed by atoms with Crippen LogP contribution in [0.4, 0.5) is 4.39 Å². The zero-order chi connectivity index (χ0) is 13.4. The molecule has 0 heterocycles. The number of carbonyl (C=O) groups is 1. The average Bonchev–Trinajstić information content (AvgIpc) is 2.35. The van der Waals surface area contributed by atoms with Crippen LogP contribution in [-0.4, -0.2) is 32.3 Å². The summed E-state index contributed by atoms with van der Waals surface area (Å²) in [5, 5.41) is 2.69. The molecule has 0 radical (unpaired) electrons. The normalized spacial score (nSPS) is 11.9. The van der Waals surface area contributed by atoms with Crippen LogP contribution in [-0.2, 0) is 9.53 Å². The van der Waals surface area contributed by atoms with Crippen molar-refractivity contribution >= 4 is 5.91 Å². The van der Waals surface area contributed by atoms with E-state index in [1.165, 1.54) is 19.2 Å². The molecule has 0 saturated heterocycles. The van der Waals surface area contributed by atoms with Crippen LogP contribution < -0.4 is 10.1 Å². The third-order valence-corrected chi connectivity index (χ3v) is 2.36. The van der Waals surface area contributed by atoms with Gasteiger partial charge >= 0.3 is 0 Å². The highest BCUT2D eigenvalue weighted by atomic mass is 19.1. The van der Waals surface area contributed by atoms with Gasteiger partial charge in [-0.15, -0.1) is 0 Å². The maximum Gasteiger partial charge on any atom is 0.246 e. The lowest BCUT2D eigenvalue weighted by molar-refractivity contribution is -0.125. The molecule has 100 valence electrons. The van der Waals surface area contributed by atoms with E-state index in [1.807, 2.05) is 6.92 Å². The van der Waals surface area contributed by atoms with Gasteiger partial charge < -0.3 is 14.8 Å². The van der Waals surface area contributed by atoms with E-state index >= 15 is 0 Å². The molecule has 0 aliphatic carbocycles. The number of hydrogen-bond acceptors (Lipinski definition) is 3. The molecule has 1 amide bonds. The molecule has 0 aromatic heterocycles. The first-order chi connectivity index (χ1) is 8.65. The first-order valence-electron chi connectivity index (χ1n) is 5.83. The molecule has 1 aromatic rings. The largest absolute Gasteiger partial charge is 0.489 e. The smallest absolute Gasteiger partial charge is 0.246 e. The van der Waals surface area contributed by atoms with E-state index in [-0.39, 0.29) is 24.4 Å². The fraction of sp³-hybridized carbons (Fsp3) is 0.462. The number of ether oxygens (including phenoxy) is 2. The van der Waals surface area contributed by atoms with Crippen molar-refractivity contribution in [1.82, 2.24) is 5.32 Å². The van der Waals surface area contributed by atoms with Gasteiger partial charge in [-0.2, -0.15) is 0 Å². The Bertz CT molecular complexity index is 384. The van der Waals surface area contributed by atoms with Gasteiger partial charge in [0.25, 0.3) is 0 Å². The maximum atomic E-state index is 13.0. The van der Waals surface area contributed by atoms with Gasteiger partial charge in [-0.1, -0.05) is 13.0 Å². The van der Waals surface area contributed by atoms with Gasteiger partial charge in [-0.3, -0.25) is 4.79 Å². The average molecular weight is 255 g/mol. The number of amides is 1. The summed E-state index contributed by atoms with van der Waals surface area (Å²) in [6.07, 6.45) is 0.525. The van der Waals surface area contributed by atoms with Crippen LogP contribution in [0, 0.1) is 5.82 Å². The molecule has 18 heavy (non-hydrogen) atoms. The maximum absolute atomic E-state index is 13.0.